The fraction of sp³-hybridized carbons (Fsp3) is 0.615. The fourth-order valence-corrected chi connectivity index (χ4v) is 2.49. The van der Waals surface area contributed by atoms with Crippen molar-refractivity contribution in [3.05, 3.63) is 17.8 Å². The number of nitrogens with one attached hydrogen (secondary N) is 1. The van der Waals surface area contributed by atoms with E-state index in [4.69, 9.17) is 10.5 Å². The van der Waals surface area contributed by atoms with Crippen LogP contribution in [0.5, 0.6) is 0 Å². The fourth-order valence-electron chi connectivity index (χ4n) is 2.49. The third-order valence-electron chi connectivity index (χ3n) is 3.71. The largest absolute Gasteiger partial charge is 0.397 e. The van der Waals surface area contributed by atoms with Crippen LogP contribution in [0.25, 0.3) is 0 Å². The zero-order valence-corrected chi connectivity index (χ0v) is 10.1. The number of nitrogen functional groups attached to an aromatic ring is 1. The topological polar surface area (TPSA) is 60.2 Å². The molecule has 92 valence electrons. The second-order valence-corrected chi connectivity index (χ2v) is 5.14. The van der Waals surface area contributed by atoms with Gasteiger partial charge in [0.1, 0.15) is 5.82 Å². The van der Waals surface area contributed by atoms with E-state index in [-0.39, 0.29) is 0 Å². The molecule has 1 saturated carbocycles. The highest BCUT2D eigenvalue weighted by atomic mass is 16.5. The molecule has 2 aliphatic rings. The van der Waals surface area contributed by atoms with Crippen LogP contribution in [0.2, 0.25) is 0 Å². The summed E-state index contributed by atoms with van der Waals surface area (Å²) in [5.74, 6) is 1.68. The maximum atomic E-state index is 5.80. The summed E-state index contributed by atoms with van der Waals surface area (Å²) in [6.45, 7) is 2.87. The Morgan fingerprint density at radius 2 is 2.24 bits per heavy atom. The van der Waals surface area contributed by atoms with E-state index in [0.29, 0.717) is 12.1 Å². The van der Waals surface area contributed by atoms with Crippen molar-refractivity contribution in [1.82, 2.24) is 4.98 Å². The maximum Gasteiger partial charge on any atom is 0.126 e. The molecule has 0 amide bonds. The summed E-state index contributed by atoms with van der Waals surface area (Å²) in [6, 6.07) is 2.43. The van der Waals surface area contributed by atoms with E-state index in [1.807, 2.05) is 13.0 Å². The van der Waals surface area contributed by atoms with Crippen molar-refractivity contribution in [3.8, 4) is 0 Å². The molecule has 0 bridgehead atoms. The Hall–Kier alpha value is -1.29. The van der Waals surface area contributed by atoms with Crippen LogP contribution < -0.4 is 11.1 Å². The first-order valence-corrected chi connectivity index (χ1v) is 6.34. The number of rotatable bonds is 3. The number of aryl methyl sites for hydroxylation is 1. The Balaban J connectivity index is 1.70. The van der Waals surface area contributed by atoms with Crippen molar-refractivity contribution in [3.63, 3.8) is 0 Å². The summed E-state index contributed by atoms with van der Waals surface area (Å²) in [5, 5.41) is 3.49. The molecule has 3 N–H and O–H groups in total. The van der Waals surface area contributed by atoms with Gasteiger partial charge in [-0.2, -0.15) is 0 Å². The molecule has 1 aromatic rings. The minimum Gasteiger partial charge on any atom is -0.397 e. The zero-order chi connectivity index (χ0) is 11.8. The molecule has 0 aromatic carbocycles. The van der Waals surface area contributed by atoms with E-state index in [1.54, 1.807) is 6.20 Å². The Morgan fingerprint density at radius 1 is 1.41 bits per heavy atom. The zero-order valence-electron chi connectivity index (χ0n) is 10.1. The van der Waals surface area contributed by atoms with Gasteiger partial charge < -0.3 is 15.8 Å². The van der Waals surface area contributed by atoms with Gasteiger partial charge in [0, 0.05) is 6.61 Å². The predicted molar refractivity (Wildman–Crippen MR) is 67.9 cm³/mol. The van der Waals surface area contributed by atoms with Gasteiger partial charge in [-0.3, -0.25) is 0 Å². The number of aromatic nitrogens is 1. The molecule has 3 rings (SSSR count). The number of nitrogens with zero attached hydrogens (tertiary/aromatic N) is 1. The lowest BCUT2D eigenvalue weighted by Gasteiger charge is -2.20. The second kappa shape index (κ2) is 4.18. The minimum atomic E-state index is 0.384. The molecule has 2 heterocycles. The SMILES string of the molecule is Cc1cc(NC2CCOC2C2CC2)ncc1N. The number of pyridine rings is 1. The Kier molecular flexibility index (Phi) is 2.67. The molecule has 0 radical (unpaired) electrons. The van der Waals surface area contributed by atoms with Crippen LogP contribution in [0.1, 0.15) is 24.8 Å². The highest BCUT2D eigenvalue weighted by Crippen LogP contribution is 2.39. The van der Waals surface area contributed by atoms with Crippen LogP contribution in [-0.4, -0.2) is 23.7 Å². The molecule has 17 heavy (non-hydrogen) atoms. The third-order valence-corrected chi connectivity index (χ3v) is 3.71. The van der Waals surface area contributed by atoms with E-state index < -0.39 is 0 Å². The van der Waals surface area contributed by atoms with Crippen molar-refractivity contribution in [2.45, 2.75) is 38.3 Å². The van der Waals surface area contributed by atoms with Crippen LogP contribution in [0.3, 0.4) is 0 Å². The summed E-state index contributed by atoms with van der Waals surface area (Å²) < 4.78 is 5.80. The second-order valence-electron chi connectivity index (χ2n) is 5.14. The molecule has 2 atom stereocenters. The van der Waals surface area contributed by atoms with Crippen molar-refractivity contribution in [2.75, 3.05) is 17.7 Å². The highest BCUT2D eigenvalue weighted by Gasteiger charge is 2.40. The lowest BCUT2D eigenvalue weighted by molar-refractivity contribution is 0.0898. The van der Waals surface area contributed by atoms with E-state index in [2.05, 4.69) is 10.3 Å². The Labute approximate surface area is 102 Å². The molecular weight excluding hydrogens is 214 g/mol. The molecule has 4 heteroatoms. The first-order valence-electron chi connectivity index (χ1n) is 6.34. The summed E-state index contributed by atoms with van der Waals surface area (Å²) in [4.78, 5) is 4.33. The van der Waals surface area contributed by atoms with Crippen molar-refractivity contribution >= 4 is 11.5 Å². The van der Waals surface area contributed by atoms with Crippen LogP contribution >= 0.6 is 0 Å². The van der Waals surface area contributed by atoms with Crippen molar-refractivity contribution in [2.24, 2.45) is 5.92 Å². The molecule has 4 nitrogen and oxygen atoms in total. The average Bonchev–Trinajstić information content (AvgIpc) is 3.05. The quantitative estimate of drug-likeness (QED) is 0.837. The lowest BCUT2D eigenvalue weighted by atomic mass is 10.1. The molecule has 1 aliphatic carbocycles. The summed E-state index contributed by atoms with van der Waals surface area (Å²) >= 11 is 0. The van der Waals surface area contributed by atoms with Gasteiger partial charge in [0.05, 0.1) is 24.0 Å². The molecule has 2 unspecified atom stereocenters. The first kappa shape index (κ1) is 10.8. The van der Waals surface area contributed by atoms with E-state index in [0.717, 1.165) is 36.0 Å². The normalized spacial score (nSPS) is 28.3. The van der Waals surface area contributed by atoms with Gasteiger partial charge in [-0.05, 0) is 43.7 Å². The average molecular weight is 233 g/mol. The van der Waals surface area contributed by atoms with Gasteiger partial charge in [0.2, 0.25) is 0 Å². The summed E-state index contributed by atoms with van der Waals surface area (Å²) in [5.41, 5.74) is 7.59. The van der Waals surface area contributed by atoms with Crippen molar-refractivity contribution < 1.29 is 4.74 Å². The number of ether oxygens (including phenoxy) is 1. The van der Waals surface area contributed by atoms with Gasteiger partial charge in [-0.25, -0.2) is 4.98 Å². The maximum absolute atomic E-state index is 5.80. The van der Waals surface area contributed by atoms with Crippen LogP contribution in [0.4, 0.5) is 11.5 Å². The molecule has 2 fully saturated rings. The molecule has 1 saturated heterocycles. The van der Waals surface area contributed by atoms with Crippen LogP contribution in [-0.2, 0) is 4.74 Å². The van der Waals surface area contributed by atoms with Crippen LogP contribution in [0.15, 0.2) is 12.3 Å². The van der Waals surface area contributed by atoms with Gasteiger partial charge >= 0.3 is 0 Å². The molecule has 1 aromatic heterocycles. The van der Waals surface area contributed by atoms with E-state index in [9.17, 15) is 0 Å². The van der Waals surface area contributed by atoms with Gasteiger partial charge in [0.25, 0.3) is 0 Å². The van der Waals surface area contributed by atoms with Gasteiger partial charge in [0.15, 0.2) is 0 Å². The number of nitrogens with two attached hydrogens (primary N) is 1. The lowest BCUT2D eigenvalue weighted by Crippen LogP contribution is -2.31. The highest BCUT2D eigenvalue weighted by molar-refractivity contribution is 5.51. The third kappa shape index (κ3) is 2.22. The summed E-state index contributed by atoms with van der Waals surface area (Å²) in [7, 11) is 0. The number of hydrogen-bond donors (Lipinski definition) is 2. The Bertz CT molecular complexity index is 417. The molecular formula is C13H19N3O. The smallest absolute Gasteiger partial charge is 0.126 e. The van der Waals surface area contributed by atoms with Gasteiger partial charge in [-0.15, -0.1) is 0 Å². The minimum absolute atomic E-state index is 0.384. The van der Waals surface area contributed by atoms with Gasteiger partial charge in [-0.1, -0.05) is 0 Å². The van der Waals surface area contributed by atoms with Crippen molar-refractivity contribution in [1.29, 1.82) is 0 Å². The van der Waals surface area contributed by atoms with E-state index in [1.165, 1.54) is 12.8 Å². The number of anilines is 2. The monoisotopic (exact) mass is 233 g/mol. The van der Waals surface area contributed by atoms with E-state index >= 15 is 0 Å². The first-order chi connectivity index (χ1) is 8.24. The van der Waals surface area contributed by atoms with Crippen LogP contribution in [0, 0.1) is 12.8 Å². The summed E-state index contributed by atoms with van der Waals surface area (Å²) in [6.07, 6.45) is 5.81. The molecule has 0 spiro atoms. The Morgan fingerprint density at radius 3 is 2.94 bits per heavy atom. The predicted octanol–water partition coefficient (Wildman–Crippen LogP) is 1.95. The molecule has 1 aliphatic heterocycles. The standard InChI is InChI=1S/C13H19N3O/c1-8-6-12(15-7-10(8)14)16-11-4-5-17-13(11)9-2-3-9/h6-7,9,11,13H,2-5,14H2,1H3,(H,15,16). The number of hydrogen-bond acceptors (Lipinski definition) is 4.